The predicted octanol–water partition coefficient (Wildman–Crippen LogP) is 6.59. The van der Waals surface area contributed by atoms with Crippen LogP contribution in [0.15, 0.2) is 12.1 Å². The molecule has 3 aliphatic rings. The van der Waals surface area contributed by atoms with Gasteiger partial charge in [0.2, 0.25) is 5.91 Å². The van der Waals surface area contributed by atoms with Crippen LogP contribution in [0.3, 0.4) is 0 Å². The molecule has 3 saturated carbocycles. The van der Waals surface area contributed by atoms with Crippen molar-refractivity contribution < 1.29 is 33.0 Å². The molecule has 0 aliphatic heterocycles. The van der Waals surface area contributed by atoms with E-state index in [0.717, 1.165) is 32.1 Å². The summed E-state index contributed by atoms with van der Waals surface area (Å²) >= 11 is 0. The summed E-state index contributed by atoms with van der Waals surface area (Å²) in [6.07, 6.45) is 6.78. The quantitative estimate of drug-likeness (QED) is 0.272. The zero-order valence-electron chi connectivity index (χ0n) is 27.9. The number of methoxy groups -OCH3 is 1. The van der Waals surface area contributed by atoms with Gasteiger partial charge < -0.3 is 24.8 Å². The molecule has 9 heteroatoms. The molecule has 0 saturated heterocycles. The van der Waals surface area contributed by atoms with Gasteiger partial charge in [-0.3, -0.25) is 14.4 Å². The van der Waals surface area contributed by atoms with Crippen molar-refractivity contribution in [2.45, 2.75) is 130 Å². The summed E-state index contributed by atoms with van der Waals surface area (Å²) in [6.45, 7) is 13.8. The van der Waals surface area contributed by atoms with Crippen molar-refractivity contribution in [2.24, 2.45) is 29.1 Å². The van der Waals surface area contributed by atoms with Crippen molar-refractivity contribution >= 4 is 17.8 Å². The fourth-order valence-electron chi connectivity index (χ4n) is 7.64. The second-order valence-electron chi connectivity index (χ2n) is 14.6. The average molecular weight is 617 g/mol. The van der Waals surface area contributed by atoms with E-state index in [2.05, 4.69) is 31.4 Å². The molecular weight excluding hydrogens is 563 g/mol. The van der Waals surface area contributed by atoms with Crippen LogP contribution in [0.4, 0.5) is 4.39 Å². The smallest absolute Gasteiger partial charge is 0.312 e. The fraction of sp³-hybridized carbons (Fsp3) is 0.743. The second-order valence-corrected chi connectivity index (χ2v) is 14.6. The highest BCUT2D eigenvalue weighted by Gasteiger charge is 2.52. The maximum atomic E-state index is 15.2. The first-order valence-electron chi connectivity index (χ1n) is 16.6. The summed E-state index contributed by atoms with van der Waals surface area (Å²) in [4.78, 5) is 40.1. The highest BCUT2D eigenvalue weighted by atomic mass is 19.1. The maximum Gasteiger partial charge on any atom is 0.312 e. The molecule has 4 rings (SSSR count). The van der Waals surface area contributed by atoms with Gasteiger partial charge in [0, 0.05) is 18.2 Å². The molecule has 0 spiro atoms. The van der Waals surface area contributed by atoms with Gasteiger partial charge in [0.25, 0.3) is 5.91 Å². The largest absolute Gasteiger partial charge is 0.496 e. The average Bonchev–Trinajstić information content (AvgIpc) is 3.57. The van der Waals surface area contributed by atoms with E-state index in [4.69, 9.17) is 14.2 Å². The lowest BCUT2D eigenvalue weighted by atomic mass is 9.74. The van der Waals surface area contributed by atoms with Crippen LogP contribution in [0.25, 0.3) is 0 Å². The second kappa shape index (κ2) is 13.7. The number of hydrogen-bond donors (Lipinski definition) is 2. The molecule has 44 heavy (non-hydrogen) atoms. The minimum Gasteiger partial charge on any atom is -0.496 e. The van der Waals surface area contributed by atoms with Gasteiger partial charge in [-0.25, -0.2) is 4.39 Å². The third kappa shape index (κ3) is 7.51. The van der Waals surface area contributed by atoms with Crippen LogP contribution < -0.4 is 20.1 Å². The Balaban J connectivity index is 1.45. The number of esters is 1. The van der Waals surface area contributed by atoms with Crippen molar-refractivity contribution in [1.29, 1.82) is 0 Å². The van der Waals surface area contributed by atoms with Gasteiger partial charge in [-0.15, -0.1) is 0 Å². The number of hydrogen-bond acceptors (Lipinski definition) is 6. The van der Waals surface area contributed by atoms with E-state index >= 15 is 4.39 Å². The Hall–Kier alpha value is -2.84. The molecule has 0 radical (unpaired) electrons. The van der Waals surface area contributed by atoms with Gasteiger partial charge in [0.05, 0.1) is 30.1 Å². The standard InChI is InChI=1S/C35H53FN2O6/c1-9-21(10-2)20(3)37-32(40)29-22-11-12-23(17-22)30(29)38-31(39)25-18-28(26(36)19-27(25)42-8)43-24-13-15-35(7,16-14-24)33(41)44-34(4,5)6/h18-24,29-30H,9-17H2,1-8H3,(H,37,40)(H,38,39)/t20-,22+,23-,24-,29-,30+,35+/m0/s1. The lowest BCUT2D eigenvalue weighted by Crippen LogP contribution is -2.52. The molecule has 0 heterocycles. The van der Waals surface area contributed by atoms with Crippen LogP contribution in [0.2, 0.25) is 0 Å². The van der Waals surface area contributed by atoms with Crippen LogP contribution in [-0.2, 0) is 14.3 Å². The van der Waals surface area contributed by atoms with E-state index in [0.29, 0.717) is 31.6 Å². The van der Waals surface area contributed by atoms with Crippen LogP contribution in [0, 0.1) is 34.9 Å². The van der Waals surface area contributed by atoms with Gasteiger partial charge in [-0.05, 0) is 103 Å². The molecule has 5 atom stereocenters. The number of fused-ring (bicyclic) bond motifs is 2. The van der Waals surface area contributed by atoms with Gasteiger partial charge in [-0.1, -0.05) is 26.7 Å². The van der Waals surface area contributed by atoms with Gasteiger partial charge in [0.1, 0.15) is 11.4 Å². The van der Waals surface area contributed by atoms with E-state index < -0.39 is 22.7 Å². The molecule has 246 valence electrons. The first-order valence-corrected chi connectivity index (χ1v) is 16.6. The minimum atomic E-state index is -0.619. The zero-order chi connectivity index (χ0) is 32.4. The molecule has 1 aromatic carbocycles. The Kier molecular flexibility index (Phi) is 10.6. The summed E-state index contributed by atoms with van der Waals surface area (Å²) in [5, 5.41) is 6.39. The van der Waals surface area contributed by atoms with E-state index in [1.54, 1.807) is 0 Å². The summed E-state index contributed by atoms with van der Waals surface area (Å²) in [5.41, 5.74) is -1.01. The number of amides is 2. The summed E-state index contributed by atoms with van der Waals surface area (Å²) < 4.78 is 32.3. The molecule has 2 N–H and O–H groups in total. The van der Waals surface area contributed by atoms with Crippen LogP contribution >= 0.6 is 0 Å². The number of halogens is 1. The molecule has 1 aromatic rings. The summed E-state index contributed by atoms with van der Waals surface area (Å²) in [7, 11) is 1.40. The number of benzene rings is 1. The minimum absolute atomic E-state index is 0.00711. The van der Waals surface area contributed by atoms with Crippen LogP contribution in [0.1, 0.15) is 117 Å². The van der Waals surface area contributed by atoms with Crippen molar-refractivity contribution in [1.82, 2.24) is 10.6 Å². The molecule has 3 aliphatic carbocycles. The van der Waals surface area contributed by atoms with Gasteiger partial charge in [-0.2, -0.15) is 0 Å². The predicted molar refractivity (Wildman–Crippen MR) is 167 cm³/mol. The molecule has 0 aromatic heterocycles. The van der Waals surface area contributed by atoms with E-state index in [-0.39, 0.29) is 64.9 Å². The van der Waals surface area contributed by atoms with Crippen LogP contribution in [-0.4, -0.2) is 48.7 Å². The molecule has 3 fully saturated rings. The Morgan fingerprint density at radius 1 is 1.02 bits per heavy atom. The lowest BCUT2D eigenvalue weighted by molar-refractivity contribution is -0.169. The van der Waals surface area contributed by atoms with E-state index in [1.165, 1.54) is 19.2 Å². The molecule has 8 nitrogen and oxygen atoms in total. The highest BCUT2D eigenvalue weighted by Crippen LogP contribution is 2.49. The van der Waals surface area contributed by atoms with Gasteiger partial charge >= 0.3 is 5.97 Å². The Labute approximate surface area is 262 Å². The topological polar surface area (TPSA) is 103 Å². The van der Waals surface area contributed by atoms with E-state index in [1.807, 2.05) is 27.7 Å². The number of nitrogens with one attached hydrogen (secondary N) is 2. The van der Waals surface area contributed by atoms with Crippen molar-refractivity contribution in [3.63, 3.8) is 0 Å². The molecule has 2 bridgehead atoms. The number of carbonyl (C=O) groups is 3. The molecular formula is C35H53FN2O6. The van der Waals surface area contributed by atoms with Crippen molar-refractivity contribution in [3.8, 4) is 11.5 Å². The molecule has 0 unspecified atom stereocenters. The highest BCUT2D eigenvalue weighted by molar-refractivity contribution is 5.98. The fourth-order valence-corrected chi connectivity index (χ4v) is 7.64. The normalized spacial score (nSPS) is 28.8. The van der Waals surface area contributed by atoms with E-state index in [9.17, 15) is 14.4 Å². The SMILES string of the molecule is CCC(CC)[C@H](C)NC(=O)[C@H]1[C@@H]2CC[C@@H](C2)[C@H]1NC(=O)c1cc(O[C@H]2CC[C@@](C)(C(=O)OC(C)(C)C)CC2)c(F)cc1OC. The number of carbonyl (C=O) groups excluding carboxylic acids is 3. The summed E-state index contributed by atoms with van der Waals surface area (Å²) in [5.74, 6) is -0.576. The van der Waals surface area contributed by atoms with Crippen molar-refractivity contribution in [2.75, 3.05) is 7.11 Å². The zero-order valence-corrected chi connectivity index (χ0v) is 27.9. The Morgan fingerprint density at radius 2 is 1.66 bits per heavy atom. The lowest BCUT2D eigenvalue weighted by Gasteiger charge is -2.37. The third-order valence-electron chi connectivity index (χ3n) is 10.4. The van der Waals surface area contributed by atoms with Gasteiger partial charge in [0.15, 0.2) is 11.6 Å². The first kappa shape index (κ1) is 34.0. The monoisotopic (exact) mass is 616 g/mol. The first-order chi connectivity index (χ1) is 20.7. The number of ether oxygens (including phenoxy) is 3. The summed E-state index contributed by atoms with van der Waals surface area (Å²) in [6, 6.07) is 2.35. The van der Waals surface area contributed by atoms with Crippen LogP contribution in [0.5, 0.6) is 11.5 Å². The third-order valence-corrected chi connectivity index (χ3v) is 10.4. The van der Waals surface area contributed by atoms with Crippen molar-refractivity contribution in [3.05, 3.63) is 23.5 Å². The molecule has 2 amide bonds. The Morgan fingerprint density at radius 3 is 2.25 bits per heavy atom. The number of rotatable bonds is 11. The maximum absolute atomic E-state index is 15.2. The Bertz CT molecular complexity index is 1200.